The summed E-state index contributed by atoms with van der Waals surface area (Å²) in [6.45, 7) is 2.21. The van der Waals surface area contributed by atoms with Gasteiger partial charge in [-0.15, -0.1) is 0 Å². The van der Waals surface area contributed by atoms with Gasteiger partial charge in [0, 0.05) is 0 Å². The Morgan fingerprint density at radius 1 is 0.864 bits per heavy atom. The number of carbonyl (C=O) groups is 1. The second-order valence-corrected chi connectivity index (χ2v) is 7.53. The average Bonchev–Trinajstić information content (AvgIpc) is 2.51. The molecule has 1 unspecified atom stereocenters. The topological polar surface area (TPSA) is 69.7 Å². The Bertz CT molecular complexity index is 378. The van der Waals surface area contributed by atoms with Crippen LogP contribution in [0.5, 0.6) is 0 Å². The first-order chi connectivity index (χ1) is 10.5. The quantitative estimate of drug-likeness (QED) is 0.274. The summed E-state index contributed by atoms with van der Waals surface area (Å²) in [4.78, 5) is 11.5. The van der Waals surface area contributed by atoms with Gasteiger partial charge in [-0.05, 0) is 6.42 Å². The van der Waals surface area contributed by atoms with Gasteiger partial charge in [-0.2, -0.15) is 8.42 Å². The Morgan fingerprint density at radius 3 is 1.73 bits per heavy atom. The maximum Gasteiger partial charge on any atom is 0.326 e. The SMILES string of the molecule is CCCCCCCCCCCCC(C(=O)OC)S(=O)(=O)OC. The van der Waals surface area contributed by atoms with Gasteiger partial charge in [0.25, 0.3) is 10.1 Å². The molecule has 0 amide bonds. The van der Waals surface area contributed by atoms with Crippen LogP contribution in [0.1, 0.15) is 77.6 Å². The van der Waals surface area contributed by atoms with Crippen LogP contribution in [-0.2, 0) is 23.8 Å². The summed E-state index contributed by atoms with van der Waals surface area (Å²) in [5, 5.41) is -1.20. The first kappa shape index (κ1) is 21.4. The molecule has 0 heterocycles. The van der Waals surface area contributed by atoms with E-state index in [1.54, 1.807) is 0 Å². The summed E-state index contributed by atoms with van der Waals surface area (Å²) < 4.78 is 32.3. The average molecular weight is 336 g/mol. The van der Waals surface area contributed by atoms with E-state index in [9.17, 15) is 13.2 Å². The lowest BCUT2D eigenvalue weighted by atomic mass is 10.1. The van der Waals surface area contributed by atoms with Crippen molar-refractivity contribution in [2.75, 3.05) is 14.2 Å². The van der Waals surface area contributed by atoms with Crippen LogP contribution in [0.4, 0.5) is 0 Å². The monoisotopic (exact) mass is 336 g/mol. The number of methoxy groups -OCH3 is 1. The minimum absolute atomic E-state index is 0.263. The highest BCUT2D eigenvalue weighted by molar-refractivity contribution is 7.88. The summed E-state index contributed by atoms with van der Waals surface area (Å²) >= 11 is 0. The van der Waals surface area contributed by atoms with Crippen LogP contribution in [0.3, 0.4) is 0 Å². The minimum Gasteiger partial charge on any atom is -0.468 e. The lowest BCUT2D eigenvalue weighted by Gasteiger charge is -2.13. The number of ether oxygens (including phenoxy) is 1. The van der Waals surface area contributed by atoms with Crippen LogP contribution in [0.25, 0.3) is 0 Å². The Hall–Kier alpha value is -0.620. The fourth-order valence-corrected chi connectivity index (χ4v) is 3.46. The van der Waals surface area contributed by atoms with E-state index in [0.29, 0.717) is 6.42 Å². The second-order valence-electron chi connectivity index (χ2n) is 5.64. The molecule has 132 valence electrons. The molecule has 5 nitrogen and oxygen atoms in total. The zero-order chi connectivity index (χ0) is 16.8. The molecule has 0 aliphatic carbocycles. The Labute approximate surface area is 135 Å². The molecule has 0 bridgehead atoms. The molecule has 0 rings (SSSR count). The predicted molar refractivity (Wildman–Crippen MR) is 88.2 cm³/mol. The van der Waals surface area contributed by atoms with Crippen molar-refractivity contribution in [3.63, 3.8) is 0 Å². The number of carbonyl (C=O) groups excluding carboxylic acids is 1. The number of hydrogen-bond donors (Lipinski definition) is 0. The molecule has 0 saturated heterocycles. The fourth-order valence-electron chi connectivity index (χ4n) is 2.44. The Morgan fingerprint density at radius 2 is 1.32 bits per heavy atom. The minimum atomic E-state index is -3.86. The number of unbranched alkanes of at least 4 members (excludes halogenated alkanes) is 9. The van der Waals surface area contributed by atoms with Gasteiger partial charge in [-0.25, -0.2) is 0 Å². The van der Waals surface area contributed by atoms with E-state index in [0.717, 1.165) is 20.0 Å². The molecule has 22 heavy (non-hydrogen) atoms. The molecule has 0 saturated carbocycles. The number of rotatable bonds is 14. The van der Waals surface area contributed by atoms with Crippen LogP contribution in [0.2, 0.25) is 0 Å². The van der Waals surface area contributed by atoms with E-state index in [1.807, 2.05) is 0 Å². The standard InChI is InChI=1S/C16H32O5S/c1-4-5-6-7-8-9-10-11-12-13-14-15(16(17)20-2)22(18,19)21-3/h15H,4-14H2,1-3H3. The van der Waals surface area contributed by atoms with Gasteiger partial charge in [0.15, 0.2) is 5.25 Å². The lowest BCUT2D eigenvalue weighted by Crippen LogP contribution is -2.32. The highest BCUT2D eigenvalue weighted by Gasteiger charge is 2.33. The highest BCUT2D eigenvalue weighted by atomic mass is 32.2. The zero-order valence-corrected chi connectivity index (χ0v) is 15.1. The molecule has 0 radical (unpaired) electrons. The summed E-state index contributed by atoms with van der Waals surface area (Å²) in [6.07, 6.45) is 11.9. The first-order valence-corrected chi connectivity index (χ1v) is 9.84. The van der Waals surface area contributed by atoms with Crippen LogP contribution in [-0.4, -0.2) is 33.9 Å². The second kappa shape index (κ2) is 12.9. The predicted octanol–water partition coefficient (Wildman–Crippen LogP) is 3.82. The largest absolute Gasteiger partial charge is 0.468 e. The Balaban J connectivity index is 3.80. The number of esters is 1. The van der Waals surface area contributed by atoms with Gasteiger partial charge in [-0.3, -0.25) is 8.98 Å². The van der Waals surface area contributed by atoms with Gasteiger partial charge in [-0.1, -0.05) is 71.1 Å². The normalized spacial score (nSPS) is 13.0. The molecule has 1 atom stereocenters. The molecule has 0 N–H and O–H groups in total. The van der Waals surface area contributed by atoms with Crippen molar-refractivity contribution >= 4 is 16.1 Å². The molecule has 0 fully saturated rings. The van der Waals surface area contributed by atoms with Crippen molar-refractivity contribution in [3.05, 3.63) is 0 Å². The molecule has 0 aliphatic rings. The van der Waals surface area contributed by atoms with Crippen molar-refractivity contribution < 1.29 is 22.1 Å². The maximum absolute atomic E-state index is 11.7. The fraction of sp³-hybridized carbons (Fsp3) is 0.938. The lowest BCUT2D eigenvalue weighted by molar-refractivity contribution is -0.140. The third-order valence-corrected chi connectivity index (χ3v) is 5.45. The van der Waals surface area contributed by atoms with E-state index in [4.69, 9.17) is 0 Å². The third-order valence-electron chi connectivity index (χ3n) is 3.86. The molecule has 0 aromatic heterocycles. The molecular weight excluding hydrogens is 304 g/mol. The zero-order valence-electron chi connectivity index (χ0n) is 14.3. The Kier molecular flexibility index (Phi) is 12.5. The van der Waals surface area contributed by atoms with Gasteiger partial charge in [0.05, 0.1) is 14.2 Å². The van der Waals surface area contributed by atoms with E-state index in [2.05, 4.69) is 15.8 Å². The van der Waals surface area contributed by atoms with Gasteiger partial charge < -0.3 is 4.74 Å². The van der Waals surface area contributed by atoms with Gasteiger partial charge in [0.2, 0.25) is 0 Å². The van der Waals surface area contributed by atoms with Crippen LogP contribution in [0.15, 0.2) is 0 Å². The van der Waals surface area contributed by atoms with Crippen molar-refractivity contribution in [1.29, 1.82) is 0 Å². The van der Waals surface area contributed by atoms with Gasteiger partial charge >= 0.3 is 5.97 Å². The third kappa shape index (κ3) is 9.41. The van der Waals surface area contributed by atoms with E-state index >= 15 is 0 Å². The molecule has 6 heteroatoms. The van der Waals surface area contributed by atoms with Crippen molar-refractivity contribution in [1.82, 2.24) is 0 Å². The van der Waals surface area contributed by atoms with Crippen molar-refractivity contribution in [3.8, 4) is 0 Å². The molecule has 0 aliphatic heterocycles. The van der Waals surface area contributed by atoms with Crippen LogP contribution >= 0.6 is 0 Å². The summed E-state index contributed by atoms with van der Waals surface area (Å²) in [7, 11) is -1.59. The summed E-state index contributed by atoms with van der Waals surface area (Å²) in [5.74, 6) is -0.738. The highest BCUT2D eigenvalue weighted by Crippen LogP contribution is 2.16. The summed E-state index contributed by atoms with van der Waals surface area (Å²) in [5.41, 5.74) is 0. The molecule has 0 spiro atoms. The van der Waals surface area contributed by atoms with E-state index in [-0.39, 0.29) is 6.42 Å². The molecule has 0 aromatic carbocycles. The van der Waals surface area contributed by atoms with Crippen molar-refractivity contribution in [2.45, 2.75) is 82.8 Å². The van der Waals surface area contributed by atoms with E-state index < -0.39 is 21.3 Å². The van der Waals surface area contributed by atoms with Crippen LogP contribution < -0.4 is 0 Å². The molecular formula is C16H32O5S. The number of hydrogen-bond acceptors (Lipinski definition) is 5. The molecule has 0 aromatic rings. The van der Waals surface area contributed by atoms with Crippen molar-refractivity contribution in [2.24, 2.45) is 0 Å². The first-order valence-electron chi connectivity index (χ1n) is 8.36. The van der Waals surface area contributed by atoms with E-state index in [1.165, 1.54) is 52.1 Å². The maximum atomic E-state index is 11.7. The smallest absolute Gasteiger partial charge is 0.326 e. The van der Waals surface area contributed by atoms with Gasteiger partial charge in [0.1, 0.15) is 0 Å². The summed E-state index contributed by atoms with van der Waals surface area (Å²) in [6, 6.07) is 0. The van der Waals surface area contributed by atoms with Crippen LogP contribution in [0, 0.1) is 0 Å².